The number of ketones is 1. The highest BCUT2D eigenvalue weighted by Crippen LogP contribution is 2.50. The van der Waals surface area contributed by atoms with Crippen LogP contribution in [0.5, 0.6) is 0 Å². The topological polar surface area (TPSA) is 35.5 Å². The summed E-state index contributed by atoms with van der Waals surface area (Å²) in [5.74, 6) is -0.561. The largest absolute Gasteiger partial charge is 0.341 e. The Morgan fingerprint density at radius 3 is 2.47 bits per heavy atom. The molecular weight excluding hydrogens is 308 g/mol. The van der Waals surface area contributed by atoms with Crippen LogP contribution < -0.4 is 0 Å². The van der Waals surface area contributed by atoms with Crippen LogP contribution in [0.3, 0.4) is 0 Å². The first-order valence-electron chi connectivity index (χ1n) is 7.35. The zero-order valence-corrected chi connectivity index (χ0v) is 14.0. The highest BCUT2D eigenvalue weighted by atomic mass is 79.9. The predicted molar refractivity (Wildman–Crippen MR) is 78.4 cm³/mol. The second-order valence-electron chi connectivity index (χ2n) is 6.83. The molecule has 0 aliphatic carbocycles. The molecule has 0 spiro atoms. The maximum Gasteiger partial charge on any atom is 0.189 e. The first-order chi connectivity index (χ1) is 8.82. The Bertz CT molecular complexity index is 350. The molecule has 4 heteroatoms. The van der Waals surface area contributed by atoms with Gasteiger partial charge in [-0.2, -0.15) is 0 Å². The van der Waals surface area contributed by atoms with Crippen LogP contribution in [-0.4, -0.2) is 28.6 Å². The maximum absolute atomic E-state index is 12.3. The molecule has 0 N–H and O–H groups in total. The van der Waals surface area contributed by atoms with E-state index in [-0.39, 0.29) is 22.1 Å². The van der Waals surface area contributed by atoms with Crippen LogP contribution in [0.4, 0.5) is 0 Å². The van der Waals surface area contributed by atoms with E-state index < -0.39 is 11.9 Å². The molecule has 2 bridgehead atoms. The van der Waals surface area contributed by atoms with Gasteiger partial charge < -0.3 is 9.47 Å². The van der Waals surface area contributed by atoms with Crippen LogP contribution in [0.1, 0.15) is 59.8 Å². The van der Waals surface area contributed by atoms with Gasteiger partial charge in [-0.15, -0.1) is 0 Å². The van der Waals surface area contributed by atoms with Gasteiger partial charge in [-0.05, 0) is 11.8 Å². The Kier molecular flexibility index (Phi) is 4.44. The molecule has 4 atom stereocenters. The molecule has 2 rings (SSSR count). The summed E-state index contributed by atoms with van der Waals surface area (Å²) in [4.78, 5) is 12.0. The number of Topliss-reactive ketones (excluding diaryl/α,β-unsaturated/α-hetero) is 1. The summed E-state index contributed by atoms with van der Waals surface area (Å²) < 4.78 is 12.2. The summed E-state index contributed by atoms with van der Waals surface area (Å²) in [6, 6.07) is 0. The van der Waals surface area contributed by atoms with E-state index >= 15 is 0 Å². The summed E-state index contributed by atoms with van der Waals surface area (Å²) in [6.45, 7) is 8.49. The van der Waals surface area contributed by atoms with Gasteiger partial charge in [0, 0.05) is 6.42 Å². The Morgan fingerprint density at radius 1 is 1.21 bits per heavy atom. The van der Waals surface area contributed by atoms with E-state index in [1.165, 1.54) is 19.3 Å². The minimum atomic E-state index is -0.715. The standard InChI is InChI=1S/C15H25BrO3/c1-5-6-7-8-9-15-12(16)10(17)11(18-15)13(19-15)14(2,3)4/h11-13H,5-9H2,1-4H3/t11-,12+,13+,15-/m1/s1. The number of ether oxygens (including phenoxy) is 2. The SMILES string of the molecule is CCCCCC[C@]12O[C@H](C(=O)[C@@H]1Br)[C@@H](C(C)(C)C)O2. The maximum atomic E-state index is 12.3. The van der Waals surface area contributed by atoms with Gasteiger partial charge in [0.25, 0.3) is 0 Å². The number of carbonyl (C=O) groups is 1. The molecule has 3 nitrogen and oxygen atoms in total. The number of unbranched alkanes of at least 4 members (excludes halogenated alkanes) is 3. The molecule has 2 saturated heterocycles. The van der Waals surface area contributed by atoms with Gasteiger partial charge in [-0.1, -0.05) is 62.9 Å². The summed E-state index contributed by atoms with van der Waals surface area (Å²) in [5, 5.41) is 0. The summed E-state index contributed by atoms with van der Waals surface area (Å²) in [6.07, 6.45) is 4.94. The zero-order chi connectivity index (χ0) is 14.3. The molecule has 0 amide bonds. The van der Waals surface area contributed by atoms with Crippen molar-refractivity contribution in [1.82, 2.24) is 0 Å². The van der Waals surface area contributed by atoms with Crippen molar-refractivity contribution in [3.8, 4) is 0 Å². The quantitative estimate of drug-likeness (QED) is 0.567. The summed E-state index contributed by atoms with van der Waals surface area (Å²) in [7, 11) is 0. The number of halogens is 1. The van der Waals surface area contributed by atoms with Crippen molar-refractivity contribution in [2.24, 2.45) is 5.41 Å². The Labute approximate surface area is 124 Å². The van der Waals surface area contributed by atoms with Crippen molar-refractivity contribution in [3.63, 3.8) is 0 Å². The normalized spacial score (nSPS) is 38.2. The minimum absolute atomic E-state index is 0.0708. The van der Waals surface area contributed by atoms with E-state index in [0.29, 0.717) is 0 Å². The van der Waals surface area contributed by atoms with Gasteiger partial charge in [0.15, 0.2) is 11.6 Å². The fraction of sp³-hybridized carbons (Fsp3) is 0.933. The van der Waals surface area contributed by atoms with Gasteiger partial charge >= 0.3 is 0 Å². The van der Waals surface area contributed by atoms with E-state index in [1.54, 1.807) is 0 Å². The molecule has 2 aliphatic rings. The van der Waals surface area contributed by atoms with Crippen molar-refractivity contribution in [2.45, 2.75) is 82.6 Å². The van der Waals surface area contributed by atoms with Crippen LogP contribution in [0.25, 0.3) is 0 Å². The monoisotopic (exact) mass is 332 g/mol. The van der Waals surface area contributed by atoms with E-state index in [9.17, 15) is 4.79 Å². The number of hydrogen-bond acceptors (Lipinski definition) is 3. The second-order valence-corrected chi connectivity index (χ2v) is 7.75. The fourth-order valence-electron chi connectivity index (χ4n) is 2.94. The third kappa shape index (κ3) is 2.77. The third-order valence-corrected chi connectivity index (χ3v) is 5.23. The number of fused-ring (bicyclic) bond motifs is 2. The molecule has 2 heterocycles. The third-order valence-electron chi connectivity index (χ3n) is 4.08. The Balaban J connectivity index is 2.05. The van der Waals surface area contributed by atoms with Gasteiger partial charge in [0.1, 0.15) is 10.9 Å². The second kappa shape index (κ2) is 5.45. The number of alkyl halides is 1. The van der Waals surface area contributed by atoms with Crippen molar-refractivity contribution < 1.29 is 14.3 Å². The lowest BCUT2D eigenvalue weighted by Gasteiger charge is -2.36. The van der Waals surface area contributed by atoms with Crippen LogP contribution in [0, 0.1) is 5.41 Å². The fourth-order valence-corrected chi connectivity index (χ4v) is 3.65. The molecule has 0 aromatic carbocycles. The lowest BCUT2D eigenvalue weighted by molar-refractivity contribution is -0.172. The van der Waals surface area contributed by atoms with E-state index in [0.717, 1.165) is 12.8 Å². The van der Waals surface area contributed by atoms with Crippen molar-refractivity contribution in [1.29, 1.82) is 0 Å². The van der Waals surface area contributed by atoms with Gasteiger partial charge in [-0.3, -0.25) is 4.79 Å². The zero-order valence-electron chi connectivity index (χ0n) is 12.4. The lowest BCUT2D eigenvalue weighted by atomic mass is 9.82. The molecule has 0 aromatic rings. The first-order valence-corrected chi connectivity index (χ1v) is 8.27. The number of hydrogen-bond donors (Lipinski definition) is 0. The van der Waals surface area contributed by atoms with Crippen LogP contribution in [-0.2, 0) is 14.3 Å². The van der Waals surface area contributed by atoms with E-state index in [1.807, 2.05) is 0 Å². The Hall–Kier alpha value is 0.0700. The molecule has 0 unspecified atom stereocenters. The lowest BCUT2D eigenvalue weighted by Crippen LogP contribution is -2.50. The Morgan fingerprint density at radius 2 is 1.89 bits per heavy atom. The van der Waals surface area contributed by atoms with E-state index in [4.69, 9.17) is 9.47 Å². The van der Waals surface area contributed by atoms with Crippen LogP contribution in [0.2, 0.25) is 0 Å². The number of rotatable bonds is 5. The summed E-state index contributed by atoms with van der Waals surface area (Å²) >= 11 is 3.48. The highest BCUT2D eigenvalue weighted by Gasteiger charge is 2.65. The molecule has 0 saturated carbocycles. The minimum Gasteiger partial charge on any atom is -0.341 e. The predicted octanol–water partition coefficient (Wildman–Crippen LogP) is 3.83. The van der Waals surface area contributed by atoms with Crippen molar-refractivity contribution in [3.05, 3.63) is 0 Å². The van der Waals surface area contributed by atoms with Crippen LogP contribution in [0.15, 0.2) is 0 Å². The molecule has 0 aromatic heterocycles. The summed E-state index contributed by atoms with van der Waals surface area (Å²) in [5.41, 5.74) is -0.0708. The molecule has 19 heavy (non-hydrogen) atoms. The van der Waals surface area contributed by atoms with Gasteiger partial charge in [0.2, 0.25) is 0 Å². The van der Waals surface area contributed by atoms with Gasteiger partial charge in [-0.25, -0.2) is 0 Å². The molecule has 0 radical (unpaired) electrons. The number of carbonyl (C=O) groups excluding carboxylic acids is 1. The molecule has 2 fully saturated rings. The van der Waals surface area contributed by atoms with Crippen LogP contribution >= 0.6 is 15.9 Å². The highest BCUT2D eigenvalue weighted by molar-refractivity contribution is 9.10. The average molecular weight is 333 g/mol. The van der Waals surface area contributed by atoms with Crippen molar-refractivity contribution in [2.75, 3.05) is 0 Å². The van der Waals surface area contributed by atoms with E-state index in [2.05, 4.69) is 43.6 Å². The smallest absolute Gasteiger partial charge is 0.189 e. The molecular formula is C15H25BrO3. The van der Waals surface area contributed by atoms with Crippen molar-refractivity contribution >= 4 is 21.7 Å². The average Bonchev–Trinajstić information content (AvgIpc) is 2.82. The molecule has 110 valence electrons. The molecule has 2 aliphatic heterocycles. The first kappa shape index (κ1) is 15.5. The van der Waals surface area contributed by atoms with Gasteiger partial charge in [0.05, 0.1) is 6.10 Å².